The van der Waals surface area contributed by atoms with E-state index < -0.39 is 0 Å². The molecule has 1 aliphatic rings. The topological polar surface area (TPSA) is 64.3 Å². The molecule has 2 aromatic heterocycles. The molecule has 0 saturated carbocycles. The second-order valence-corrected chi connectivity index (χ2v) is 7.15. The second kappa shape index (κ2) is 7.21. The Labute approximate surface area is 157 Å². The first kappa shape index (κ1) is 17.2. The minimum Gasteiger partial charge on any atom is -0.381 e. The number of benzene rings is 1. The zero-order chi connectivity index (χ0) is 18.0. The molecule has 0 aliphatic carbocycles. The number of aromatic nitrogens is 4. The molecule has 0 atom stereocenters. The summed E-state index contributed by atoms with van der Waals surface area (Å²) < 4.78 is 7.41. The number of nitrogens with zero attached hydrogens (tertiary/aromatic N) is 4. The Bertz CT molecular complexity index is 904. The van der Waals surface area contributed by atoms with E-state index >= 15 is 0 Å². The summed E-state index contributed by atoms with van der Waals surface area (Å²) >= 11 is 6.25. The Balaban J connectivity index is 1.60. The molecular formula is C19H22ClN5O. The fourth-order valence-corrected chi connectivity index (χ4v) is 3.75. The maximum Gasteiger partial charge on any atom is 0.178 e. The number of nitrogens with one attached hydrogen (secondary N) is 1. The third kappa shape index (κ3) is 3.27. The fourth-order valence-electron chi connectivity index (χ4n) is 3.56. The number of hydrogen-bond acceptors (Lipinski definition) is 5. The molecule has 3 heterocycles. The Morgan fingerprint density at radius 1 is 1.19 bits per heavy atom. The van der Waals surface area contributed by atoms with Gasteiger partial charge in [0.05, 0.1) is 0 Å². The number of rotatable bonds is 5. The summed E-state index contributed by atoms with van der Waals surface area (Å²) in [6, 6.07) is 12.1. The van der Waals surface area contributed by atoms with Gasteiger partial charge in [0.2, 0.25) is 0 Å². The van der Waals surface area contributed by atoms with Crippen LogP contribution in [0.1, 0.15) is 31.2 Å². The second-order valence-electron chi connectivity index (χ2n) is 6.71. The largest absolute Gasteiger partial charge is 0.381 e. The molecule has 1 saturated heterocycles. The lowest BCUT2D eigenvalue weighted by molar-refractivity contribution is 0.0543. The van der Waals surface area contributed by atoms with Gasteiger partial charge in [-0.25, -0.2) is 0 Å². The van der Waals surface area contributed by atoms with E-state index in [2.05, 4.69) is 39.7 Å². The zero-order valence-corrected chi connectivity index (χ0v) is 15.5. The van der Waals surface area contributed by atoms with Gasteiger partial charge >= 0.3 is 0 Å². The third-order valence-corrected chi connectivity index (χ3v) is 5.37. The summed E-state index contributed by atoms with van der Waals surface area (Å²) in [5, 5.41) is 17.3. The predicted molar refractivity (Wildman–Crippen MR) is 102 cm³/mol. The van der Waals surface area contributed by atoms with Crippen LogP contribution in [0.2, 0.25) is 5.02 Å². The molecular weight excluding hydrogens is 350 g/mol. The summed E-state index contributed by atoms with van der Waals surface area (Å²) in [6.07, 6.45) is 2.70. The lowest BCUT2D eigenvalue weighted by atomic mass is 9.74. The fraction of sp³-hybridized carbons (Fsp3) is 0.421. The summed E-state index contributed by atoms with van der Waals surface area (Å²) in [4.78, 5) is 0. The molecule has 1 fully saturated rings. The van der Waals surface area contributed by atoms with Crippen LogP contribution in [0.5, 0.6) is 0 Å². The first-order valence-corrected chi connectivity index (χ1v) is 9.37. The third-order valence-electron chi connectivity index (χ3n) is 5.14. The molecule has 0 radical (unpaired) electrons. The molecule has 3 aromatic rings. The summed E-state index contributed by atoms with van der Waals surface area (Å²) in [6.45, 7) is 4.34. The van der Waals surface area contributed by atoms with E-state index in [9.17, 15) is 0 Å². The van der Waals surface area contributed by atoms with Crippen molar-refractivity contribution in [1.29, 1.82) is 0 Å². The van der Waals surface area contributed by atoms with Crippen molar-refractivity contribution in [3.8, 4) is 0 Å². The number of aryl methyl sites for hydroxylation is 1. The number of ether oxygens (including phenoxy) is 1. The molecule has 26 heavy (non-hydrogen) atoms. The zero-order valence-electron chi connectivity index (χ0n) is 14.8. The van der Waals surface area contributed by atoms with Crippen LogP contribution in [0.4, 0.5) is 5.82 Å². The van der Waals surface area contributed by atoms with E-state index in [1.807, 2.05) is 24.3 Å². The van der Waals surface area contributed by atoms with Gasteiger partial charge in [-0.3, -0.25) is 0 Å². The van der Waals surface area contributed by atoms with Gasteiger partial charge < -0.3 is 10.1 Å². The molecule has 7 heteroatoms. The highest BCUT2D eigenvalue weighted by Gasteiger charge is 2.34. The number of halogens is 1. The van der Waals surface area contributed by atoms with Crippen molar-refractivity contribution in [3.63, 3.8) is 0 Å². The first-order chi connectivity index (χ1) is 12.7. The van der Waals surface area contributed by atoms with E-state index in [4.69, 9.17) is 16.3 Å². The lowest BCUT2D eigenvalue weighted by Gasteiger charge is -2.38. The molecule has 0 spiro atoms. The van der Waals surface area contributed by atoms with Gasteiger partial charge in [0, 0.05) is 36.6 Å². The highest BCUT2D eigenvalue weighted by Crippen LogP contribution is 2.36. The van der Waals surface area contributed by atoms with Crippen LogP contribution in [-0.2, 0) is 16.6 Å². The molecule has 0 bridgehead atoms. The van der Waals surface area contributed by atoms with Gasteiger partial charge in [0.1, 0.15) is 5.82 Å². The first-order valence-electron chi connectivity index (χ1n) is 8.99. The van der Waals surface area contributed by atoms with Crippen LogP contribution in [0.25, 0.3) is 5.65 Å². The highest BCUT2D eigenvalue weighted by atomic mass is 35.5. The van der Waals surface area contributed by atoms with Crippen LogP contribution >= 0.6 is 11.6 Å². The normalized spacial score (nSPS) is 16.7. The minimum absolute atomic E-state index is 0.0133. The van der Waals surface area contributed by atoms with Crippen molar-refractivity contribution in [3.05, 3.63) is 52.8 Å². The Kier molecular flexibility index (Phi) is 4.78. The summed E-state index contributed by atoms with van der Waals surface area (Å²) in [5.74, 6) is 1.68. The molecule has 4 rings (SSSR count). The highest BCUT2D eigenvalue weighted by molar-refractivity contribution is 6.30. The van der Waals surface area contributed by atoms with Gasteiger partial charge in [0.25, 0.3) is 0 Å². The maximum atomic E-state index is 6.25. The maximum absolute atomic E-state index is 6.25. The van der Waals surface area contributed by atoms with Crippen molar-refractivity contribution in [2.24, 2.45) is 0 Å². The van der Waals surface area contributed by atoms with Gasteiger partial charge in [-0.05, 0) is 42.7 Å². The summed E-state index contributed by atoms with van der Waals surface area (Å²) in [7, 11) is 0. The average molecular weight is 372 g/mol. The lowest BCUT2D eigenvalue weighted by Crippen LogP contribution is -2.40. The molecule has 1 aliphatic heterocycles. The average Bonchev–Trinajstić information content (AvgIpc) is 3.09. The van der Waals surface area contributed by atoms with E-state index in [0.717, 1.165) is 61.3 Å². The Hall–Kier alpha value is -2.18. The Morgan fingerprint density at radius 2 is 2.04 bits per heavy atom. The molecule has 1 N–H and O–H groups in total. The van der Waals surface area contributed by atoms with E-state index in [0.29, 0.717) is 0 Å². The van der Waals surface area contributed by atoms with Crippen LogP contribution in [0.3, 0.4) is 0 Å². The minimum atomic E-state index is -0.0133. The quantitative estimate of drug-likeness (QED) is 0.743. The molecule has 6 nitrogen and oxygen atoms in total. The van der Waals surface area contributed by atoms with Crippen LogP contribution in [0.15, 0.2) is 36.4 Å². The number of anilines is 1. The van der Waals surface area contributed by atoms with Gasteiger partial charge in [-0.15, -0.1) is 15.3 Å². The van der Waals surface area contributed by atoms with Crippen molar-refractivity contribution >= 4 is 23.1 Å². The van der Waals surface area contributed by atoms with E-state index in [1.54, 1.807) is 4.52 Å². The molecule has 0 unspecified atom stereocenters. The Morgan fingerprint density at radius 3 is 2.81 bits per heavy atom. The van der Waals surface area contributed by atoms with Crippen molar-refractivity contribution < 1.29 is 4.74 Å². The number of fused-ring (bicyclic) bond motifs is 1. The van der Waals surface area contributed by atoms with Crippen molar-refractivity contribution in [2.75, 3.05) is 25.1 Å². The van der Waals surface area contributed by atoms with Gasteiger partial charge in [0.15, 0.2) is 11.5 Å². The van der Waals surface area contributed by atoms with Gasteiger partial charge in [-0.2, -0.15) is 4.52 Å². The monoisotopic (exact) mass is 371 g/mol. The predicted octanol–water partition coefficient (Wildman–Crippen LogP) is 3.50. The molecule has 1 aromatic carbocycles. The van der Waals surface area contributed by atoms with E-state index in [-0.39, 0.29) is 5.41 Å². The van der Waals surface area contributed by atoms with Gasteiger partial charge in [-0.1, -0.05) is 30.7 Å². The van der Waals surface area contributed by atoms with Crippen molar-refractivity contribution in [1.82, 2.24) is 19.8 Å². The van der Waals surface area contributed by atoms with Crippen LogP contribution in [-0.4, -0.2) is 39.6 Å². The van der Waals surface area contributed by atoms with Crippen molar-refractivity contribution in [2.45, 2.75) is 31.6 Å². The molecule has 0 amide bonds. The number of hydrogen-bond donors (Lipinski definition) is 1. The smallest absolute Gasteiger partial charge is 0.178 e. The van der Waals surface area contributed by atoms with Crippen LogP contribution < -0.4 is 5.32 Å². The van der Waals surface area contributed by atoms with E-state index in [1.165, 1.54) is 5.56 Å². The van der Waals surface area contributed by atoms with Crippen LogP contribution in [0, 0.1) is 0 Å². The summed E-state index contributed by atoms with van der Waals surface area (Å²) in [5.41, 5.74) is 2.00. The molecule has 136 valence electrons. The SMILES string of the molecule is CCc1nnc2ccc(NCC3(c4cccc(Cl)c4)CCOCC3)nn12. The standard InChI is InChI=1S/C19H22ClN5O/c1-2-17-22-23-18-7-6-16(24-25(17)18)21-13-19(8-10-26-11-9-19)14-4-3-5-15(20)12-14/h3-7,12H,2,8-11,13H2,1H3,(H,21,24).